The Hall–Kier alpha value is -1.30. The molecule has 6 heteroatoms. The number of anilines is 1. The minimum Gasteiger partial charge on any atom is -0.478 e. The molecule has 0 aromatic carbocycles. The van der Waals surface area contributed by atoms with Crippen molar-refractivity contribution in [1.29, 1.82) is 0 Å². The second kappa shape index (κ2) is 5.56. The normalized spacial score (nSPS) is 11.4. The summed E-state index contributed by atoms with van der Waals surface area (Å²) in [5.41, 5.74) is 1.50. The summed E-state index contributed by atoms with van der Waals surface area (Å²) in [6, 6.07) is 0. The zero-order valence-corrected chi connectivity index (χ0v) is 12.2. The number of carboxylic acids is 1. The van der Waals surface area contributed by atoms with E-state index in [9.17, 15) is 9.90 Å². The zero-order valence-electron chi connectivity index (χ0n) is 11.4. The van der Waals surface area contributed by atoms with E-state index in [2.05, 4.69) is 29.4 Å². The Balaban J connectivity index is 3.03. The fourth-order valence-electron chi connectivity index (χ4n) is 1.36. The number of carbonyl (C=O) groups is 1. The van der Waals surface area contributed by atoms with E-state index in [0.717, 1.165) is 0 Å². The van der Waals surface area contributed by atoms with Gasteiger partial charge in [-0.15, -0.1) is 5.10 Å². The Labute approximate surface area is 111 Å². The van der Waals surface area contributed by atoms with Crippen molar-refractivity contribution in [1.82, 2.24) is 10.2 Å². The molecule has 0 unspecified atom stereocenters. The average molecular weight is 269 g/mol. The number of nitrogens with zero attached hydrogens (tertiary/aromatic N) is 2. The SMILES string of the molecule is CSC(C)(C)CNc1nnc(C)c(C)c1C(=O)O. The van der Waals surface area contributed by atoms with Gasteiger partial charge >= 0.3 is 5.97 Å². The summed E-state index contributed by atoms with van der Waals surface area (Å²) in [6.07, 6.45) is 2.02. The molecule has 1 aromatic heterocycles. The van der Waals surface area contributed by atoms with E-state index < -0.39 is 5.97 Å². The van der Waals surface area contributed by atoms with Gasteiger partial charge in [0, 0.05) is 11.3 Å². The van der Waals surface area contributed by atoms with E-state index in [1.165, 1.54) is 0 Å². The number of aromatic carboxylic acids is 1. The minimum atomic E-state index is -0.977. The lowest BCUT2D eigenvalue weighted by atomic mass is 10.1. The first-order valence-corrected chi connectivity index (χ1v) is 6.87. The number of rotatable bonds is 5. The molecule has 0 bridgehead atoms. The van der Waals surface area contributed by atoms with Crippen LogP contribution in [0, 0.1) is 13.8 Å². The first-order valence-electron chi connectivity index (χ1n) is 5.64. The molecule has 18 heavy (non-hydrogen) atoms. The molecule has 0 fully saturated rings. The predicted molar refractivity (Wildman–Crippen MR) is 74.5 cm³/mol. The molecule has 1 aromatic rings. The summed E-state index contributed by atoms with van der Waals surface area (Å²) in [5, 5.41) is 20.2. The van der Waals surface area contributed by atoms with Gasteiger partial charge in [-0.25, -0.2) is 4.79 Å². The number of hydrogen-bond acceptors (Lipinski definition) is 5. The lowest BCUT2D eigenvalue weighted by molar-refractivity contribution is 0.0696. The molecular weight excluding hydrogens is 250 g/mol. The van der Waals surface area contributed by atoms with Crippen LogP contribution in [0.3, 0.4) is 0 Å². The van der Waals surface area contributed by atoms with Crippen LogP contribution in [0.15, 0.2) is 0 Å². The fraction of sp³-hybridized carbons (Fsp3) is 0.583. The molecule has 5 nitrogen and oxygen atoms in total. The second-order valence-corrected chi connectivity index (χ2v) is 6.27. The Kier molecular flexibility index (Phi) is 4.56. The van der Waals surface area contributed by atoms with Crippen LogP contribution in [-0.2, 0) is 0 Å². The molecule has 1 heterocycles. The maximum atomic E-state index is 11.3. The van der Waals surface area contributed by atoms with Crippen molar-refractivity contribution < 1.29 is 9.90 Å². The van der Waals surface area contributed by atoms with Crippen molar-refractivity contribution >= 4 is 23.5 Å². The van der Waals surface area contributed by atoms with Gasteiger partial charge in [-0.3, -0.25) is 0 Å². The molecule has 2 N–H and O–H groups in total. The third-order valence-electron chi connectivity index (χ3n) is 2.90. The molecular formula is C12H19N3O2S. The minimum absolute atomic E-state index is 0.0102. The molecule has 0 spiro atoms. The van der Waals surface area contributed by atoms with Crippen molar-refractivity contribution in [2.24, 2.45) is 0 Å². The molecule has 0 aliphatic rings. The van der Waals surface area contributed by atoms with Crippen LogP contribution in [0.4, 0.5) is 5.82 Å². The van der Waals surface area contributed by atoms with Crippen LogP contribution in [0.25, 0.3) is 0 Å². The first kappa shape index (κ1) is 14.8. The third-order valence-corrected chi connectivity index (χ3v) is 4.15. The van der Waals surface area contributed by atoms with Gasteiger partial charge < -0.3 is 10.4 Å². The summed E-state index contributed by atoms with van der Waals surface area (Å²) in [4.78, 5) is 11.3. The molecule has 0 saturated heterocycles. The van der Waals surface area contributed by atoms with Gasteiger partial charge in [0.15, 0.2) is 5.82 Å². The molecule has 0 saturated carbocycles. The molecule has 1 rings (SSSR count). The van der Waals surface area contributed by atoms with E-state index in [-0.39, 0.29) is 10.3 Å². The molecule has 0 radical (unpaired) electrons. The highest BCUT2D eigenvalue weighted by atomic mass is 32.2. The predicted octanol–water partition coefficient (Wildman–Crippen LogP) is 2.35. The summed E-state index contributed by atoms with van der Waals surface area (Å²) >= 11 is 1.71. The third kappa shape index (κ3) is 3.35. The topological polar surface area (TPSA) is 75.1 Å². The van der Waals surface area contributed by atoms with E-state index in [4.69, 9.17) is 0 Å². The maximum absolute atomic E-state index is 11.3. The first-order chi connectivity index (χ1) is 8.28. The average Bonchev–Trinajstić information content (AvgIpc) is 2.30. The monoisotopic (exact) mass is 269 g/mol. The largest absolute Gasteiger partial charge is 0.478 e. The highest BCUT2D eigenvalue weighted by Crippen LogP contribution is 2.23. The molecule has 100 valence electrons. The van der Waals surface area contributed by atoms with Crippen LogP contribution in [0.2, 0.25) is 0 Å². The highest BCUT2D eigenvalue weighted by Gasteiger charge is 2.21. The van der Waals surface area contributed by atoms with Gasteiger partial charge in [0.1, 0.15) is 5.56 Å². The second-order valence-electron chi connectivity index (χ2n) is 4.76. The molecule has 0 aliphatic carbocycles. The van der Waals surface area contributed by atoms with E-state index >= 15 is 0 Å². The zero-order chi connectivity index (χ0) is 13.9. The van der Waals surface area contributed by atoms with Crippen LogP contribution in [-0.4, -0.2) is 38.8 Å². The number of carboxylic acid groups (broad SMARTS) is 1. The summed E-state index contributed by atoms with van der Waals surface area (Å²) in [6.45, 7) is 8.30. The summed E-state index contributed by atoms with van der Waals surface area (Å²) < 4.78 is 0.0102. The van der Waals surface area contributed by atoms with Crippen molar-refractivity contribution in [3.8, 4) is 0 Å². The number of thioether (sulfide) groups is 1. The lowest BCUT2D eigenvalue weighted by Crippen LogP contribution is -2.27. The highest BCUT2D eigenvalue weighted by molar-refractivity contribution is 7.99. The van der Waals surface area contributed by atoms with Gasteiger partial charge in [0.25, 0.3) is 0 Å². The van der Waals surface area contributed by atoms with E-state index in [0.29, 0.717) is 23.6 Å². The van der Waals surface area contributed by atoms with Gasteiger partial charge in [0.05, 0.1) is 5.69 Å². The molecule has 0 amide bonds. The smallest absolute Gasteiger partial charge is 0.339 e. The Bertz CT molecular complexity index is 461. The van der Waals surface area contributed by atoms with E-state index in [1.54, 1.807) is 25.6 Å². The van der Waals surface area contributed by atoms with Gasteiger partial charge in [-0.1, -0.05) is 0 Å². The Morgan fingerprint density at radius 3 is 2.50 bits per heavy atom. The molecule has 0 aliphatic heterocycles. The van der Waals surface area contributed by atoms with Crippen molar-refractivity contribution in [2.45, 2.75) is 32.4 Å². The van der Waals surface area contributed by atoms with Crippen LogP contribution < -0.4 is 5.32 Å². The fourth-order valence-corrected chi connectivity index (χ4v) is 1.58. The van der Waals surface area contributed by atoms with Crippen LogP contribution in [0.1, 0.15) is 35.5 Å². The summed E-state index contributed by atoms with van der Waals surface area (Å²) in [7, 11) is 0. The lowest BCUT2D eigenvalue weighted by Gasteiger charge is -2.23. The standard InChI is InChI=1S/C12H19N3O2S/c1-7-8(2)14-15-10(9(7)11(16)17)13-6-12(3,4)18-5/h6H2,1-5H3,(H,13,15)(H,16,17). The number of hydrogen-bond donors (Lipinski definition) is 2. The van der Waals surface area contributed by atoms with E-state index in [1.807, 2.05) is 6.26 Å². The van der Waals surface area contributed by atoms with Gasteiger partial charge in [-0.2, -0.15) is 16.9 Å². The number of aromatic nitrogens is 2. The number of nitrogens with one attached hydrogen (secondary N) is 1. The van der Waals surface area contributed by atoms with Crippen molar-refractivity contribution in [3.05, 3.63) is 16.8 Å². The van der Waals surface area contributed by atoms with Crippen molar-refractivity contribution in [2.75, 3.05) is 18.1 Å². The maximum Gasteiger partial charge on any atom is 0.339 e. The number of aryl methyl sites for hydroxylation is 1. The van der Waals surface area contributed by atoms with Crippen LogP contribution in [0.5, 0.6) is 0 Å². The van der Waals surface area contributed by atoms with Crippen LogP contribution >= 0.6 is 11.8 Å². The van der Waals surface area contributed by atoms with Gasteiger partial charge in [0.2, 0.25) is 0 Å². The Morgan fingerprint density at radius 1 is 1.39 bits per heavy atom. The van der Waals surface area contributed by atoms with Crippen molar-refractivity contribution in [3.63, 3.8) is 0 Å². The molecule has 0 atom stereocenters. The Morgan fingerprint density at radius 2 is 2.00 bits per heavy atom. The quantitative estimate of drug-likeness (QED) is 0.854. The van der Waals surface area contributed by atoms with Gasteiger partial charge in [-0.05, 0) is 39.5 Å². The summed E-state index contributed by atoms with van der Waals surface area (Å²) in [5.74, 6) is -0.636.